The van der Waals surface area contributed by atoms with Gasteiger partial charge in [-0.2, -0.15) is 0 Å². The number of hydrogen-bond acceptors (Lipinski definition) is 2. The quantitative estimate of drug-likeness (QED) is 0.301. The van der Waals surface area contributed by atoms with Crippen LogP contribution in [0.4, 0.5) is 5.69 Å². The molecule has 6 rings (SSSR count). The zero-order valence-electron chi connectivity index (χ0n) is 20.3. The van der Waals surface area contributed by atoms with Crippen molar-refractivity contribution in [3.63, 3.8) is 0 Å². The lowest BCUT2D eigenvalue weighted by atomic mass is 9.65. The molecule has 174 valence electrons. The van der Waals surface area contributed by atoms with Gasteiger partial charge in [0.1, 0.15) is 5.54 Å². The number of rotatable bonds is 4. The fraction of sp³-hybridized carbons (Fsp3) is 0.219. The maximum absolute atomic E-state index is 6.75. The summed E-state index contributed by atoms with van der Waals surface area (Å²) >= 11 is 0. The van der Waals surface area contributed by atoms with Crippen LogP contribution in [0.15, 0.2) is 115 Å². The van der Waals surface area contributed by atoms with E-state index in [1.807, 2.05) is 6.07 Å². The van der Waals surface area contributed by atoms with Gasteiger partial charge in [0.25, 0.3) is 0 Å². The molecule has 3 heteroatoms. The van der Waals surface area contributed by atoms with Crippen molar-refractivity contribution in [3.05, 3.63) is 132 Å². The van der Waals surface area contributed by atoms with Gasteiger partial charge in [0.2, 0.25) is 11.9 Å². The molecule has 0 spiro atoms. The van der Waals surface area contributed by atoms with E-state index < -0.39 is 0 Å². The van der Waals surface area contributed by atoms with Gasteiger partial charge in [-0.15, -0.1) is 0 Å². The molecule has 2 aliphatic rings. The fourth-order valence-corrected chi connectivity index (χ4v) is 6.20. The van der Waals surface area contributed by atoms with E-state index >= 15 is 0 Å². The molecule has 35 heavy (non-hydrogen) atoms. The van der Waals surface area contributed by atoms with Gasteiger partial charge in [-0.05, 0) is 47.7 Å². The molecule has 0 saturated heterocycles. The van der Waals surface area contributed by atoms with E-state index in [1.54, 1.807) is 0 Å². The molecule has 1 aliphatic carbocycles. The molecule has 0 amide bonds. The summed E-state index contributed by atoms with van der Waals surface area (Å²) in [6.07, 6.45) is 4.25. The Morgan fingerprint density at radius 2 is 1.26 bits per heavy atom. The number of hydroxylamine groups is 1. The number of hydrazine groups is 1. The molecule has 1 aliphatic heterocycles. The van der Waals surface area contributed by atoms with E-state index in [0.29, 0.717) is 0 Å². The lowest BCUT2D eigenvalue weighted by Gasteiger charge is -2.43. The first-order valence-corrected chi connectivity index (χ1v) is 12.5. The van der Waals surface area contributed by atoms with Crippen molar-refractivity contribution in [1.29, 1.82) is 0 Å². The van der Waals surface area contributed by atoms with Crippen LogP contribution in [-0.4, -0.2) is 21.6 Å². The third kappa shape index (κ3) is 3.37. The van der Waals surface area contributed by atoms with Gasteiger partial charge in [0, 0.05) is 28.6 Å². The highest BCUT2D eigenvalue weighted by Gasteiger charge is 2.61. The Balaban J connectivity index is 1.51. The lowest BCUT2D eigenvalue weighted by Crippen LogP contribution is -2.57. The molecule has 0 radical (unpaired) electrons. The minimum Gasteiger partial charge on any atom is -0.331 e. The van der Waals surface area contributed by atoms with E-state index in [4.69, 9.17) is 4.84 Å². The van der Waals surface area contributed by atoms with Crippen LogP contribution in [-0.2, 0) is 5.41 Å². The van der Waals surface area contributed by atoms with Gasteiger partial charge in [0.15, 0.2) is 5.75 Å². The van der Waals surface area contributed by atoms with Crippen LogP contribution in [0.5, 0.6) is 5.75 Å². The lowest BCUT2D eigenvalue weighted by molar-refractivity contribution is -0.712. The molecule has 0 bridgehead atoms. The van der Waals surface area contributed by atoms with E-state index in [1.165, 1.54) is 11.1 Å². The van der Waals surface area contributed by atoms with Crippen molar-refractivity contribution in [3.8, 4) is 5.75 Å². The molecule has 4 aromatic rings. The average molecular weight is 460 g/mol. The minimum absolute atomic E-state index is 0.111. The number of nitrogens with zero attached hydrogens (tertiary/aromatic N) is 2. The first kappa shape index (κ1) is 21.7. The van der Waals surface area contributed by atoms with E-state index in [2.05, 4.69) is 139 Å². The molecular formula is C32H31N2O+. The summed E-state index contributed by atoms with van der Waals surface area (Å²) in [6.45, 7) is 4.77. The SMILES string of the molecule is CC1C(c2ccccc2)(c2ccccc2)CCC1(C)N1Oc2ccccc2C=[N+]1c1ccccc1. The summed E-state index contributed by atoms with van der Waals surface area (Å²) < 4.78 is 2.20. The first-order chi connectivity index (χ1) is 17.1. The molecule has 0 N–H and O–H groups in total. The summed E-state index contributed by atoms with van der Waals surface area (Å²) in [5.41, 5.74) is 4.54. The zero-order chi connectivity index (χ0) is 23.9. The predicted octanol–water partition coefficient (Wildman–Crippen LogP) is 7.15. The van der Waals surface area contributed by atoms with Crippen LogP contribution in [0.3, 0.4) is 0 Å². The summed E-state index contributed by atoms with van der Waals surface area (Å²) in [4.78, 5) is 6.75. The van der Waals surface area contributed by atoms with Gasteiger partial charge < -0.3 is 4.84 Å². The molecule has 0 aromatic heterocycles. The van der Waals surface area contributed by atoms with Crippen molar-refractivity contribution in [2.24, 2.45) is 5.92 Å². The highest BCUT2D eigenvalue weighted by molar-refractivity contribution is 5.81. The van der Waals surface area contributed by atoms with Crippen LogP contribution in [0.25, 0.3) is 0 Å². The second kappa shape index (κ2) is 8.42. The molecule has 1 heterocycles. The molecule has 2 unspecified atom stereocenters. The van der Waals surface area contributed by atoms with Crippen molar-refractivity contribution in [2.45, 2.75) is 37.6 Å². The Hall–Kier alpha value is -3.85. The highest BCUT2D eigenvalue weighted by Crippen LogP contribution is 2.57. The molecule has 2 atom stereocenters. The smallest absolute Gasteiger partial charge is 0.238 e. The third-order valence-corrected chi connectivity index (χ3v) is 8.29. The highest BCUT2D eigenvalue weighted by atomic mass is 16.7. The van der Waals surface area contributed by atoms with E-state index in [-0.39, 0.29) is 16.9 Å². The Kier molecular flexibility index (Phi) is 5.21. The second-order valence-electron chi connectivity index (χ2n) is 9.99. The molecule has 1 fully saturated rings. The topological polar surface area (TPSA) is 15.5 Å². The van der Waals surface area contributed by atoms with Crippen molar-refractivity contribution >= 4 is 11.9 Å². The monoisotopic (exact) mass is 459 g/mol. The van der Waals surface area contributed by atoms with Crippen molar-refractivity contribution in [1.82, 2.24) is 5.17 Å². The summed E-state index contributed by atoms with van der Waals surface area (Å²) in [5, 5.41) is 2.14. The average Bonchev–Trinajstić information content (AvgIpc) is 3.21. The van der Waals surface area contributed by atoms with Gasteiger partial charge in [0.05, 0.1) is 5.56 Å². The van der Waals surface area contributed by atoms with E-state index in [0.717, 1.165) is 29.8 Å². The zero-order valence-corrected chi connectivity index (χ0v) is 20.3. The normalized spacial score (nSPS) is 22.7. The molecular weight excluding hydrogens is 428 g/mol. The standard InChI is InChI=1S/C32H31N2O/c1-25-31(2,22-23-32(25,27-15-6-3-7-16-27)28-17-8-4-9-18-28)34-33(29-19-10-5-11-20-29)24-26-14-12-13-21-30(26)35-34/h3-21,24-25H,22-23H2,1-2H3/q+1. The van der Waals surface area contributed by atoms with Gasteiger partial charge in [-0.1, -0.05) is 97.9 Å². The van der Waals surface area contributed by atoms with Crippen LogP contribution in [0.2, 0.25) is 0 Å². The maximum atomic E-state index is 6.75. The first-order valence-electron chi connectivity index (χ1n) is 12.5. The van der Waals surface area contributed by atoms with Crippen LogP contribution < -0.4 is 4.84 Å². The Morgan fingerprint density at radius 1 is 0.714 bits per heavy atom. The number of hydrogen-bond donors (Lipinski definition) is 0. The van der Waals surface area contributed by atoms with Crippen LogP contribution in [0.1, 0.15) is 43.4 Å². The Labute approximate surface area is 207 Å². The van der Waals surface area contributed by atoms with Gasteiger partial charge in [-0.25, -0.2) is 0 Å². The van der Waals surface area contributed by atoms with Crippen molar-refractivity contribution in [2.75, 3.05) is 0 Å². The molecule has 3 nitrogen and oxygen atoms in total. The van der Waals surface area contributed by atoms with Crippen LogP contribution >= 0.6 is 0 Å². The Bertz CT molecular complexity index is 1310. The van der Waals surface area contributed by atoms with Gasteiger partial charge in [-0.3, -0.25) is 0 Å². The fourth-order valence-electron chi connectivity index (χ4n) is 6.20. The number of hydrazone groups is 1. The van der Waals surface area contributed by atoms with Crippen molar-refractivity contribution < 1.29 is 9.52 Å². The summed E-state index contributed by atoms with van der Waals surface area (Å²) in [7, 11) is 0. The van der Waals surface area contributed by atoms with E-state index in [9.17, 15) is 0 Å². The summed E-state index contributed by atoms with van der Waals surface area (Å²) in [5.74, 6) is 1.16. The second-order valence-corrected chi connectivity index (χ2v) is 9.99. The molecule has 1 saturated carbocycles. The van der Waals surface area contributed by atoms with Crippen LogP contribution in [0, 0.1) is 5.92 Å². The number of benzene rings is 4. The summed E-state index contributed by atoms with van der Waals surface area (Å²) in [6, 6.07) is 40.9. The maximum Gasteiger partial charge on any atom is 0.238 e. The number of para-hydroxylation sites is 2. The predicted molar refractivity (Wildman–Crippen MR) is 141 cm³/mol. The Morgan fingerprint density at radius 3 is 1.89 bits per heavy atom. The minimum atomic E-state index is -0.258. The number of fused-ring (bicyclic) bond motifs is 1. The molecule has 4 aromatic carbocycles. The largest absolute Gasteiger partial charge is 0.331 e. The third-order valence-electron chi connectivity index (χ3n) is 8.29. The van der Waals surface area contributed by atoms with Gasteiger partial charge >= 0.3 is 0 Å².